The number of imide groups is 1. The van der Waals surface area contributed by atoms with Crippen LogP contribution in [-0.4, -0.2) is 23.7 Å². The van der Waals surface area contributed by atoms with Gasteiger partial charge in [0.15, 0.2) is 5.69 Å². The maximum absolute atomic E-state index is 12.0. The number of hydrogen-bond donors (Lipinski definition) is 1. The van der Waals surface area contributed by atoms with E-state index >= 15 is 0 Å². The van der Waals surface area contributed by atoms with E-state index in [1.54, 1.807) is 0 Å². The van der Waals surface area contributed by atoms with Gasteiger partial charge in [0.2, 0.25) is 0 Å². The molecule has 0 aliphatic carbocycles. The van der Waals surface area contributed by atoms with Gasteiger partial charge in [0, 0.05) is 18.1 Å². The van der Waals surface area contributed by atoms with Crippen LogP contribution in [0, 0.1) is 13.8 Å². The minimum Gasteiger partial charge on any atom is -0.435 e. The molecule has 4 nitrogen and oxygen atoms in total. The Kier molecular flexibility index (Phi) is 2.75. The number of carboxylic acid groups (broad SMARTS) is 1. The highest BCUT2D eigenvalue weighted by atomic mass is 16.4. The Morgan fingerprint density at radius 3 is 2.59 bits per heavy atom. The molecule has 1 heterocycles. The molecule has 2 amide bonds. The van der Waals surface area contributed by atoms with Crippen molar-refractivity contribution in [1.82, 2.24) is 4.48 Å². The first-order valence-corrected chi connectivity index (χ1v) is 5.71. The third kappa shape index (κ3) is 1.65. The van der Waals surface area contributed by atoms with Crippen molar-refractivity contribution in [2.45, 2.75) is 26.7 Å². The molecule has 1 fully saturated rings. The van der Waals surface area contributed by atoms with Crippen molar-refractivity contribution in [3.63, 3.8) is 0 Å². The first-order valence-electron chi connectivity index (χ1n) is 5.71. The van der Waals surface area contributed by atoms with Crippen LogP contribution in [0.2, 0.25) is 0 Å². The van der Waals surface area contributed by atoms with Crippen LogP contribution < -0.4 is 4.48 Å². The highest BCUT2D eigenvalue weighted by molar-refractivity contribution is 6.07. The van der Waals surface area contributed by atoms with Gasteiger partial charge in [-0.15, -0.1) is 4.48 Å². The predicted octanol–water partition coefficient (Wildman–Crippen LogP) is 2.61. The van der Waals surface area contributed by atoms with Crippen LogP contribution in [-0.2, 0) is 4.79 Å². The maximum Gasteiger partial charge on any atom is 0.526 e. The Labute approximate surface area is 100 Å². The molecule has 0 saturated carbocycles. The van der Waals surface area contributed by atoms with Crippen molar-refractivity contribution in [3.05, 3.63) is 29.3 Å². The zero-order valence-electron chi connectivity index (χ0n) is 10.1. The molecule has 0 bridgehead atoms. The van der Waals surface area contributed by atoms with Crippen molar-refractivity contribution in [2.75, 3.05) is 6.54 Å². The number of likely N-dealkylation sites (tertiary alicyclic amines) is 1. The van der Waals surface area contributed by atoms with Crippen LogP contribution in [0.5, 0.6) is 0 Å². The number of quaternary nitrogens is 1. The third-order valence-electron chi connectivity index (χ3n) is 3.41. The monoisotopic (exact) mass is 234 g/mol. The average molecular weight is 234 g/mol. The molecule has 4 heteroatoms. The van der Waals surface area contributed by atoms with E-state index in [1.165, 1.54) is 0 Å². The molecular weight excluding hydrogens is 218 g/mol. The molecule has 1 saturated heterocycles. The Bertz CT molecular complexity index is 495. The van der Waals surface area contributed by atoms with E-state index in [0.29, 0.717) is 25.1 Å². The number of amides is 2. The van der Waals surface area contributed by atoms with Gasteiger partial charge in [-0.25, -0.2) is 4.79 Å². The standard InChI is InChI=1S/C13H15NO3/c1-9-5-6-10(2)11(8-9)14(13(16)17)7-3-4-12(14)15/h5-6,8H,3-4,7H2,1-2H3/p+1. The second-order valence-electron chi connectivity index (χ2n) is 4.60. The summed E-state index contributed by atoms with van der Waals surface area (Å²) in [6.45, 7) is 4.11. The molecule has 1 N–H and O–H groups in total. The quantitative estimate of drug-likeness (QED) is 0.760. The zero-order valence-corrected chi connectivity index (χ0v) is 10.1. The number of rotatable bonds is 1. The van der Waals surface area contributed by atoms with Gasteiger partial charge < -0.3 is 5.11 Å². The molecule has 1 aliphatic rings. The van der Waals surface area contributed by atoms with E-state index in [0.717, 1.165) is 11.1 Å². The van der Waals surface area contributed by atoms with Crippen molar-refractivity contribution >= 4 is 17.7 Å². The summed E-state index contributed by atoms with van der Waals surface area (Å²) in [5.41, 5.74) is 2.44. The minimum absolute atomic E-state index is 0.216. The fourth-order valence-corrected chi connectivity index (χ4v) is 2.47. The first-order chi connectivity index (χ1) is 7.98. The molecule has 1 unspecified atom stereocenters. The van der Waals surface area contributed by atoms with E-state index in [2.05, 4.69) is 0 Å². The number of carbonyl (C=O) groups is 2. The highest BCUT2D eigenvalue weighted by Crippen LogP contribution is 2.34. The van der Waals surface area contributed by atoms with Gasteiger partial charge in [-0.2, -0.15) is 4.79 Å². The van der Waals surface area contributed by atoms with Gasteiger partial charge in [0.25, 0.3) is 0 Å². The van der Waals surface area contributed by atoms with Crippen LogP contribution >= 0.6 is 0 Å². The molecule has 1 aromatic rings. The smallest absolute Gasteiger partial charge is 0.435 e. The van der Waals surface area contributed by atoms with Gasteiger partial charge in [-0.3, -0.25) is 0 Å². The summed E-state index contributed by atoms with van der Waals surface area (Å²) < 4.78 is -0.534. The number of nitrogens with zero attached hydrogens (tertiary/aromatic N) is 1. The summed E-state index contributed by atoms with van der Waals surface area (Å²) in [5.74, 6) is -0.216. The lowest BCUT2D eigenvalue weighted by Gasteiger charge is -2.26. The normalized spacial score (nSPS) is 24.0. The molecule has 17 heavy (non-hydrogen) atoms. The Hall–Kier alpha value is -1.68. The molecule has 1 aliphatic heterocycles. The van der Waals surface area contributed by atoms with Gasteiger partial charge >= 0.3 is 12.0 Å². The van der Waals surface area contributed by atoms with Gasteiger partial charge in [0.05, 0.1) is 6.42 Å². The number of hydrogen-bond acceptors (Lipinski definition) is 2. The molecule has 1 atom stereocenters. The minimum atomic E-state index is -1.07. The van der Waals surface area contributed by atoms with Crippen LogP contribution in [0.4, 0.5) is 10.5 Å². The summed E-state index contributed by atoms with van der Waals surface area (Å²) in [7, 11) is 0. The summed E-state index contributed by atoms with van der Waals surface area (Å²) >= 11 is 0. The summed E-state index contributed by atoms with van der Waals surface area (Å²) in [4.78, 5) is 23.5. The summed E-state index contributed by atoms with van der Waals surface area (Å²) in [5, 5.41) is 9.45. The zero-order chi connectivity index (χ0) is 12.6. The van der Waals surface area contributed by atoms with E-state index < -0.39 is 10.6 Å². The lowest BCUT2D eigenvalue weighted by atomic mass is 10.1. The maximum atomic E-state index is 12.0. The van der Waals surface area contributed by atoms with Crippen molar-refractivity contribution in [2.24, 2.45) is 0 Å². The van der Waals surface area contributed by atoms with E-state index in [-0.39, 0.29) is 5.91 Å². The first kappa shape index (κ1) is 11.8. The van der Waals surface area contributed by atoms with Crippen LogP contribution in [0.1, 0.15) is 24.0 Å². The molecule has 0 radical (unpaired) electrons. The van der Waals surface area contributed by atoms with E-state index in [4.69, 9.17) is 0 Å². The van der Waals surface area contributed by atoms with Crippen molar-refractivity contribution < 1.29 is 14.7 Å². The Morgan fingerprint density at radius 2 is 2.06 bits per heavy atom. The SMILES string of the molecule is Cc1ccc(C)c([N+]2(C(=O)O)CCCC2=O)c1. The van der Waals surface area contributed by atoms with Crippen molar-refractivity contribution in [1.29, 1.82) is 0 Å². The van der Waals surface area contributed by atoms with E-state index in [1.807, 2.05) is 32.0 Å². The molecular formula is C13H16NO3+. The third-order valence-corrected chi connectivity index (χ3v) is 3.41. The second kappa shape index (κ2) is 3.96. The number of aryl methyl sites for hydroxylation is 2. The average Bonchev–Trinajstić information content (AvgIpc) is 2.65. The largest absolute Gasteiger partial charge is 0.526 e. The molecule has 1 aromatic carbocycles. The number of carbonyl (C=O) groups excluding carboxylic acids is 1. The van der Waals surface area contributed by atoms with Gasteiger partial charge in [-0.1, -0.05) is 12.1 Å². The topological polar surface area (TPSA) is 54.4 Å². The molecule has 0 spiro atoms. The summed E-state index contributed by atoms with van der Waals surface area (Å²) in [6.07, 6.45) is -0.0840. The lowest BCUT2D eigenvalue weighted by Crippen LogP contribution is -2.54. The van der Waals surface area contributed by atoms with Gasteiger partial charge in [0.1, 0.15) is 6.54 Å². The Balaban J connectivity index is 2.65. The molecule has 2 rings (SSSR count). The number of benzene rings is 1. The second-order valence-corrected chi connectivity index (χ2v) is 4.60. The molecule has 90 valence electrons. The van der Waals surface area contributed by atoms with E-state index in [9.17, 15) is 14.7 Å². The fraction of sp³-hybridized carbons (Fsp3) is 0.385. The molecule has 0 aromatic heterocycles. The highest BCUT2D eigenvalue weighted by Gasteiger charge is 2.51. The van der Waals surface area contributed by atoms with Crippen LogP contribution in [0.15, 0.2) is 18.2 Å². The van der Waals surface area contributed by atoms with Crippen LogP contribution in [0.3, 0.4) is 0 Å². The lowest BCUT2D eigenvalue weighted by molar-refractivity contribution is -0.125. The van der Waals surface area contributed by atoms with Crippen LogP contribution in [0.25, 0.3) is 0 Å². The van der Waals surface area contributed by atoms with Gasteiger partial charge in [-0.05, 0) is 19.4 Å². The predicted molar refractivity (Wildman–Crippen MR) is 64.8 cm³/mol. The fourth-order valence-electron chi connectivity index (χ4n) is 2.47. The summed E-state index contributed by atoms with van der Waals surface area (Å²) in [6, 6.07) is 5.61. The Morgan fingerprint density at radius 1 is 1.35 bits per heavy atom. The van der Waals surface area contributed by atoms with Crippen molar-refractivity contribution in [3.8, 4) is 0 Å².